The minimum absolute atomic E-state index is 0.398. The molecule has 0 saturated carbocycles. The number of nitrogens with two attached hydrogens (primary N) is 2. The SMILES string of the molecule is CCCCn1c(Sc2nc3c(Cl)cccc3s2)nc2c(N)ncnc21.CCCCn1c(Sc2nc3c(Cl)cccc3s2)nc2c(N)ncnc21. The van der Waals surface area contributed by atoms with E-state index in [1.54, 1.807) is 22.7 Å². The molecule has 12 nitrogen and oxygen atoms in total. The first kappa shape index (κ1) is 34.6. The Balaban J connectivity index is 0.000000157. The van der Waals surface area contributed by atoms with Crippen molar-refractivity contribution in [3.05, 3.63) is 59.1 Å². The van der Waals surface area contributed by atoms with Gasteiger partial charge in [-0.3, -0.25) is 0 Å². The van der Waals surface area contributed by atoms with E-state index in [0.717, 1.165) is 89.5 Å². The van der Waals surface area contributed by atoms with E-state index >= 15 is 0 Å². The Hall–Kier alpha value is -3.80. The molecule has 0 amide bonds. The van der Waals surface area contributed by atoms with Crippen LogP contribution < -0.4 is 11.5 Å². The standard InChI is InChI=1S/2C16H15ClN6S2/c2*1-2-3-7-23-14-12(13(18)19-8-20-14)21-15(23)25-16-22-11-9(17)5-4-6-10(11)24-16/h2*4-6,8H,2-3,7H2,1H3,(H2,18,19,20). The number of nitrogen functional groups attached to an aromatic ring is 2. The summed E-state index contributed by atoms with van der Waals surface area (Å²) in [6.07, 6.45) is 7.20. The van der Waals surface area contributed by atoms with E-state index in [1.807, 2.05) is 36.4 Å². The van der Waals surface area contributed by atoms with Gasteiger partial charge in [-0.15, -0.1) is 22.7 Å². The lowest BCUT2D eigenvalue weighted by molar-refractivity contribution is 0.598. The Morgan fingerprint density at radius 3 is 1.46 bits per heavy atom. The van der Waals surface area contributed by atoms with Gasteiger partial charge < -0.3 is 20.6 Å². The van der Waals surface area contributed by atoms with Gasteiger partial charge >= 0.3 is 0 Å². The Morgan fingerprint density at radius 2 is 1.06 bits per heavy atom. The number of rotatable bonds is 10. The molecule has 0 saturated heterocycles. The molecular weight excluding hydrogens is 752 g/mol. The number of benzene rings is 2. The average molecular weight is 782 g/mol. The predicted molar refractivity (Wildman–Crippen MR) is 207 cm³/mol. The van der Waals surface area contributed by atoms with E-state index in [9.17, 15) is 0 Å². The van der Waals surface area contributed by atoms with E-state index in [4.69, 9.17) is 34.7 Å². The van der Waals surface area contributed by atoms with Crippen molar-refractivity contribution >= 4 is 124 Å². The normalized spacial score (nSPS) is 11.6. The van der Waals surface area contributed by atoms with Crippen LogP contribution in [-0.2, 0) is 13.1 Å². The van der Waals surface area contributed by atoms with Crippen molar-refractivity contribution in [2.75, 3.05) is 11.5 Å². The van der Waals surface area contributed by atoms with Crippen LogP contribution >= 0.6 is 69.4 Å². The Labute approximate surface area is 313 Å². The summed E-state index contributed by atoms with van der Waals surface area (Å²) < 4.78 is 8.09. The summed E-state index contributed by atoms with van der Waals surface area (Å²) in [5, 5.41) is 2.97. The number of aryl methyl sites for hydroxylation is 2. The molecule has 8 rings (SSSR count). The molecule has 0 aliphatic carbocycles. The van der Waals surface area contributed by atoms with E-state index in [-0.39, 0.29) is 0 Å². The zero-order chi connectivity index (χ0) is 34.8. The highest BCUT2D eigenvalue weighted by atomic mass is 35.5. The van der Waals surface area contributed by atoms with Crippen molar-refractivity contribution in [3.8, 4) is 0 Å². The van der Waals surface area contributed by atoms with Crippen LogP contribution in [0.5, 0.6) is 0 Å². The summed E-state index contributed by atoms with van der Waals surface area (Å²) in [4.78, 5) is 35.5. The number of thiazole rings is 2. The van der Waals surface area contributed by atoms with Gasteiger partial charge in [-0.25, -0.2) is 39.9 Å². The van der Waals surface area contributed by atoms with Crippen molar-refractivity contribution in [2.45, 2.75) is 71.6 Å². The lowest BCUT2D eigenvalue weighted by Gasteiger charge is -2.05. The molecule has 50 heavy (non-hydrogen) atoms. The second-order valence-corrected chi connectivity index (χ2v) is 16.3. The van der Waals surface area contributed by atoms with Gasteiger partial charge in [-0.05, 0) is 60.6 Å². The molecule has 256 valence electrons. The van der Waals surface area contributed by atoms with Crippen LogP contribution in [-0.4, -0.2) is 49.0 Å². The smallest absolute Gasteiger partial charge is 0.177 e. The average Bonchev–Trinajstić information content (AvgIpc) is 3.88. The fourth-order valence-corrected chi connectivity index (χ4v) is 9.84. The first-order chi connectivity index (χ1) is 24.3. The maximum Gasteiger partial charge on any atom is 0.177 e. The molecule has 0 radical (unpaired) electrons. The third-order valence-electron chi connectivity index (χ3n) is 7.58. The predicted octanol–water partition coefficient (Wildman–Crippen LogP) is 9.25. The zero-order valence-electron chi connectivity index (χ0n) is 26.9. The van der Waals surface area contributed by atoms with Gasteiger partial charge in [-0.2, -0.15) is 0 Å². The second-order valence-electron chi connectivity index (χ2n) is 11.0. The van der Waals surface area contributed by atoms with E-state index in [0.29, 0.717) is 32.7 Å². The van der Waals surface area contributed by atoms with Crippen LogP contribution in [0.15, 0.2) is 68.0 Å². The fourth-order valence-electron chi connectivity index (χ4n) is 5.09. The number of aromatic nitrogens is 10. The summed E-state index contributed by atoms with van der Waals surface area (Å²) >= 11 is 18.7. The largest absolute Gasteiger partial charge is 0.382 e. The fraction of sp³-hybridized carbons (Fsp3) is 0.250. The molecule has 0 atom stereocenters. The highest BCUT2D eigenvalue weighted by molar-refractivity contribution is 8.01. The Kier molecular flexibility index (Phi) is 10.5. The molecule has 8 aromatic rings. The van der Waals surface area contributed by atoms with Crippen molar-refractivity contribution in [3.63, 3.8) is 0 Å². The first-order valence-corrected chi connectivity index (χ1v) is 19.8. The highest BCUT2D eigenvalue weighted by Crippen LogP contribution is 2.39. The summed E-state index contributed by atoms with van der Waals surface area (Å²) in [5.41, 5.74) is 16.4. The number of anilines is 2. The van der Waals surface area contributed by atoms with Gasteiger partial charge in [0.1, 0.15) is 23.7 Å². The van der Waals surface area contributed by atoms with Gasteiger partial charge in [0, 0.05) is 13.1 Å². The lowest BCUT2D eigenvalue weighted by Crippen LogP contribution is -2.01. The lowest BCUT2D eigenvalue weighted by atomic mass is 10.3. The van der Waals surface area contributed by atoms with Crippen LogP contribution in [0.4, 0.5) is 11.6 Å². The molecule has 6 heterocycles. The van der Waals surface area contributed by atoms with Gasteiger partial charge in [0.05, 0.1) is 19.4 Å². The topological polar surface area (TPSA) is 165 Å². The molecule has 18 heteroatoms. The molecule has 0 spiro atoms. The van der Waals surface area contributed by atoms with Gasteiger partial charge in [0.2, 0.25) is 0 Å². The quantitative estimate of drug-likeness (QED) is 0.135. The molecule has 2 aromatic carbocycles. The number of fused-ring (bicyclic) bond motifs is 4. The number of halogens is 2. The summed E-state index contributed by atoms with van der Waals surface area (Å²) in [7, 11) is 0. The Bertz CT molecular complexity index is 2290. The number of unbranched alkanes of at least 4 members (excludes halogenated alkanes) is 2. The molecule has 4 N–H and O–H groups in total. The van der Waals surface area contributed by atoms with Crippen molar-refractivity contribution in [1.29, 1.82) is 0 Å². The highest BCUT2D eigenvalue weighted by Gasteiger charge is 2.19. The monoisotopic (exact) mass is 780 g/mol. The second kappa shape index (κ2) is 15.2. The summed E-state index contributed by atoms with van der Waals surface area (Å²) in [5.74, 6) is 0.795. The van der Waals surface area contributed by atoms with Crippen molar-refractivity contribution < 1.29 is 0 Å². The van der Waals surface area contributed by atoms with Crippen molar-refractivity contribution in [1.82, 2.24) is 49.0 Å². The minimum atomic E-state index is 0.398. The molecule has 0 fully saturated rings. The van der Waals surface area contributed by atoms with Crippen LogP contribution in [0.25, 0.3) is 42.8 Å². The molecular formula is C32H30Cl2N12S4. The van der Waals surface area contributed by atoms with E-state index in [1.165, 1.54) is 36.2 Å². The third kappa shape index (κ3) is 7.05. The molecule has 0 unspecified atom stereocenters. The minimum Gasteiger partial charge on any atom is -0.382 e. The van der Waals surface area contributed by atoms with Crippen LogP contribution in [0.1, 0.15) is 39.5 Å². The maximum absolute atomic E-state index is 6.24. The van der Waals surface area contributed by atoms with Gasteiger partial charge in [0.15, 0.2) is 53.0 Å². The Morgan fingerprint density at radius 1 is 0.620 bits per heavy atom. The molecule has 0 bridgehead atoms. The van der Waals surface area contributed by atoms with Gasteiger partial charge in [-0.1, -0.05) is 62.0 Å². The molecule has 6 aromatic heterocycles. The molecule has 0 aliphatic heterocycles. The number of hydrogen-bond acceptors (Lipinski definition) is 14. The van der Waals surface area contributed by atoms with E-state index < -0.39 is 0 Å². The van der Waals surface area contributed by atoms with Crippen LogP contribution in [0, 0.1) is 0 Å². The maximum atomic E-state index is 6.24. The first-order valence-electron chi connectivity index (χ1n) is 15.7. The van der Waals surface area contributed by atoms with Crippen LogP contribution in [0.3, 0.4) is 0 Å². The van der Waals surface area contributed by atoms with Gasteiger partial charge in [0.25, 0.3) is 0 Å². The number of hydrogen-bond donors (Lipinski definition) is 2. The zero-order valence-corrected chi connectivity index (χ0v) is 31.7. The van der Waals surface area contributed by atoms with Crippen molar-refractivity contribution in [2.24, 2.45) is 0 Å². The number of para-hydroxylation sites is 2. The summed E-state index contributed by atoms with van der Waals surface area (Å²) in [6, 6.07) is 11.6. The summed E-state index contributed by atoms with van der Waals surface area (Å²) in [6.45, 7) is 5.98. The van der Waals surface area contributed by atoms with Crippen LogP contribution in [0.2, 0.25) is 10.0 Å². The number of imidazole rings is 2. The third-order valence-corrected chi connectivity index (χ3v) is 12.3. The number of nitrogens with zero attached hydrogens (tertiary/aromatic N) is 10. The van der Waals surface area contributed by atoms with E-state index in [2.05, 4.69) is 62.9 Å². The molecule has 0 aliphatic rings.